The smallest absolute Gasteiger partial charge is 0.183 e. The van der Waals surface area contributed by atoms with Crippen LogP contribution in [0, 0.1) is 11.6 Å². The van der Waals surface area contributed by atoms with E-state index < -0.39 is 11.6 Å². The van der Waals surface area contributed by atoms with Crippen molar-refractivity contribution in [3.05, 3.63) is 36.3 Å². The van der Waals surface area contributed by atoms with E-state index in [1.807, 2.05) is 11.5 Å². The van der Waals surface area contributed by atoms with Crippen LogP contribution in [-0.4, -0.2) is 19.5 Å². The molecule has 0 amide bonds. The van der Waals surface area contributed by atoms with Crippen LogP contribution in [0.5, 0.6) is 0 Å². The molecule has 3 rings (SSSR count). The lowest BCUT2D eigenvalue weighted by Gasteiger charge is -2.00. The lowest BCUT2D eigenvalue weighted by atomic mass is 10.2. The van der Waals surface area contributed by atoms with Crippen molar-refractivity contribution >= 4 is 16.9 Å². The first-order chi connectivity index (χ1) is 9.60. The fourth-order valence-electron chi connectivity index (χ4n) is 2.07. The minimum Gasteiger partial charge on any atom is -0.381 e. The Bertz CT molecular complexity index is 797. The molecule has 0 bridgehead atoms. The van der Waals surface area contributed by atoms with Crippen molar-refractivity contribution in [2.24, 2.45) is 0 Å². The Morgan fingerprint density at radius 2 is 2.05 bits per heavy atom. The first-order valence-corrected chi connectivity index (χ1v) is 6.03. The Hall–Kier alpha value is -2.57. The van der Waals surface area contributed by atoms with Gasteiger partial charge in [-0.25, -0.2) is 23.7 Å². The van der Waals surface area contributed by atoms with E-state index >= 15 is 0 Å². The third-order valence-electron chi connectivity index (χ3n) is 3.03. The van der Waals surface area contributed by atoms with Crippen molar-refractivity contribution in [2.45, 2.75) is 13.5 Å². The molecular formula is C13H11F2N5. The molecule has 0 aromatic carbocycles. The van der Waals surface area contributed by atoms with Crippen LogP contribution in [0.4, 0.5) is 14.6 Å². The highest BCUT2D eigenvalue weighted by atomic mass is 19.1. The van der Waals surface area contributed by atoms with E-state index in [0.717, 1.165) is 12.4 Å². The number of aromatic nitrogens is 4. The molecule has 0 aliphatic heterocycles. The minimum atomic E-state index is -0.683. The SMILES string of the molecule is CCn1cc(-c2ncc(F)c(N)n2)c2cc(F)cnc21. The second kappa shape index (κ2) is 4.52. The molecular weight excluding hydrogens is 264 g/mol. The van der Waals surface area contributed by atoms with Crippen molar-refractivity contribution in [2.75, 3.05) is 5.73 Å². The zero-order valence-electron chi connectivity index (χ0n) is 10.6. The maximum absolute atomic E-state index is 13.4. The summed E-state index contributed by atoms with van der Waals surface area (Å²) in [5.74, 6) is -1.13. The van der Waals surface area contributed by atoms with Crippen molar-refractivity contribution in [1.29, 1.82) is 0 Å². The number of halogens is 2. The van der Waals surface area contributed by atoms with Gasteiger partial charge in [0.1, 0.15) is 11.5 Å². The van der Waals surface area contributed by atoms with E-state index in [1.165, 1.54) is 6.07 Å². The average Bonchev–Trinajstić information content (AvgIpc) is 2.79. The van der Waals surface area contributed by atoms with E-state index in [2.05, 4.69) is 15.0 Å². The Balaban J connectivity index is 2.29. The van der Waals surface area contributed by atoms with Crippen LogP contribution in [0.25, 0.3) is 22.4 Å². The largest absolute Gasteiger partial charge is 0.381 e. The summed E-state index contributed by atoms with van der Waals surface area (Å²) in [5.41, 5.74) is 6.64. The van der Waals surface area contributed by atoms with Gasteiger partial charge in [0.2, 0.25) is 0 Å². The molecule has 0 atom stereocenters. The summed E-state index contributed by atoms with van der Waals surface area (Å²) in [7, 11) is 0. The third kappa shape index (κ3) is 1.87. The third-order valence-corrected chi connectivity index (χ3v) is 3.03. The number of anilines is 1. The normalized spacial score (nSPS) is 11.2. The van der Waals surface area contributed by atoms with Crippen LogP contribution in [0.15, 0.2) is 24.7 Å². The Morgan fingerprint density at radius 3 is 2.75 bits per heavy atom. The van der Waals surface area contributed by atoms with Crippen molar-refractivity contribution in [1.82, 2.24) is 19.5 Å². The Kier molecular flexibility index (Phi) is 2.81. The number of hydrogen-bond acceptors (Lipinski definition) is 4. The van der Waals surface area contributed by atoms with Gasteiger partial charge in [-0.1, -0.05) is 0 Å². The molecule has 0 spiro atoms. The fourth-order valence-corrected chi connectivity index (χ4v) is 2.07. The number of fused-ring (bicyclic) bond motifs is 1. The van der Waals surface area contributed by atoms with Crippen LogP contribution >= 0.6 is 0 Å². The van der Waals surface area contributed by atoms with Gasteiger partial charge in [-0.2, -0.15) is 0 Å². The molecule has 3 aromatic rings. The standard InChI is InChI=1S/C13H11F2N5/c1-2-20-6-9(8-3-7(14)4-18-13(8)20)12-17-5-10(15)11(16)19-12/h3-6H,2H2,1H3,(H2,16,17,19). The second-order valence-electron chi connectivity index (χ2n) is 4.28. The summed E-state index contributed by atoms with van der Waals surface area (Å²) in [6.45, 7) is 2.60. The summed E-state index contributed by atoms with van der Waals surface area (Å²) < 4.78 is 28.4. The van der Waals surface area contributed by atoms with E-state index in [-0.39, 0.29) is 11.6 Å². The molecule has 7 heteroatoms. The molecule has 3 heterocycles. The molecule has 3 aromatic heterocycles. The van der Waals surface area contributed by atoms with Crippen molar-refractivity contribution < 1.29 is 8.78 Å². The monoisotopic (exact) mass is 275 g/mol. The van der Waals surface area contributed by atoms with Gasteiger partial charge in [-0.05, 0) is 13.0 Å². The molecule has 0 unspecified atom stereocenters. The molecule has 0 aliphatic carbocycles. The number of nitrogen functional groups attached to an aromatic ring is 1. The van der Waals surface area contributed by atoms with Gasteiger partial charge >= 0.3 is 0 Å². The first kappa shape index (κ1) is 12.5. The molecule has 20 heavy (non-hydrogen) atoms. The highest BCUT2D eigenvalue weighted by Crippen LogP contribution is 2.28. The molecule has 0 fully saturated rings. The number of aryl methyl sites for hydroxylation is 1. The van der Waals surface area contributed by atoms with Gasteiger partial charge in [0.05, 0.1) is 12.4 Å². The van der Waals surface area contributed by atoms with Gasteiger partial charge in [-0.3, -0.25) is 0 Å². The molecule has 2 N–H and O–H groups in total. The highest BCUT2D eigenvalue weighted by Gasteiger charge is 2.15. The molecule has 5 nitrogen and oxygen atoms in total. The van der Waals surface area contributed by atoms with E-state index in [4.69, 9.17) is 5.73 Å². The van der Waals surface area contributed by atoms with Gasteiger partial charge in [0.25, 0.3) is 0 Å². The number of nitrogens with two attached hydrogens (primary N) is 1. The topological polar surface area (TPSA) is 69.6 Å². The van der Waals surface area contributed by atoms with Crippen LogP contribution < -0.4 is 5.73 Å². The number of pyridine rings is 1. The number of hydrogen-bond donors (Lipinski definition) is 1. The summed E-state index contributed by atoms with van der Waals surface area (Å²) in [4.78, 5) is 11.9. The van der Waals surface area contributed by atoms with Crippen molar-refractivity contribution in [3.8, 4) is 11.4 Å². The summed E-state index contributed by atoms with van der Waals surface area (Å²) in [5, 5.41) is 0.567. The maximum atomic E-state index is 13.4. The zero-order valence-corrected chi connectivity index (χ0v) is 10.6. The molecule has 102 valence electrons. The number of rotatable bonds is 2. The number of nitrogens with zero attached hydrogens (tertiary/aromatic N) is 4. The molecule has 0 saturated carbocycles. The van der Waals surface area contributed by atoms with Gasteiger partial charge in [0, 0.05) is 23.7 Å². The van der Waals surface area contributed by atoms with Crippen molar-refractivity contribution in [3.63, 3.8) is 0 Å². The minimum absolute atomic E-state index is 0.239. The van der Waals surface area contributed by atoms with E-state index in [0.29, 0.717) is 23.1 Å². The van der Waals surface area contributed by atoms with Crippen LogP contribution in [0.1, 0.15) is 6.92 Å². The predicted molar refractivity (Wildman–Crippen MR) is 70.8 cm³/mol. The lowest BCUT2D eigenvalue weighted by molar-refractivity contribution is 0.620. The predicted octanol–water partition coefficient (Wildman–Crippen LogP) is 2.37. The van der Waals surface area contributed by atoms with Gasteiger partial charge < -0.3 is 10.3 Å². The zero-order chi connectivity index (χ0) is 14.3. The molecule has 0 saturated heterocycles. The molecule has 0 aliphatic rings. The first-order valence-electron chi connectivity index (χ1n) is 6.03. The van der Waals surface area contributed by atoms with E-state index in [1.54, 1.807) is 6.20 Å². The summed E-state index contributed by atoms with van der Waals surface area (Å²) in [6.07, 6.45) is 3.90. The van der Waals surface area contributed by atoms with Crippen LogP contribution in [0.3, 0.4) is 0 Å². The quantitative estimate of drug-likeness (QED) is 0.779. The van der Waals surface area contributed by atoms with Gasteiger partial charge in [0.15, 0.2) is 17.5 Å². The second-order valence-corrected chi connectivity index (χ2v) is 4.28. The fraction of sp³-hybridized carbons (Fsp3) is 0.154. The Morgan fingerprint density at radius 1 is 1.25 bits per heavy atom. The lowest BCUT2D eigenvalue weighted by Crippen LogP contribution is -1.98. The van der Waals surface area contributed by atoms with Crippen LogP contribution in [0.2, 0.25) is 0 Å². The summed E-state index contributed by atoms with van der Waals surface area (Å²) in [6, 6.07) is 1.35. The summed E-state index contributed by atoms with van der Waals surface area (Å²) >= 11 is 0. The maximum Gasteiger partial charge on any atom is 0.183 e. The van der Waals surface area contributed by atoms with E-state index in [9.17, 15) is 8.78 Å². The molecule has 0 radical (unpaired) electrons. The highest BCUT2D eigenvalue weighted by molar-refractivity contribution is 5.92. The Labute approximate surface area is 113 Å². The average molecular weight is 275 g/mol. The van der Waals surface area contributed by atoms with Gasteiger partial charge in [-0.15, -0.1) is 0 Å². The van der Waals surface area contributed by atoms with Crippen LogP contribution in [-0.2, 0) is 6.54 Å².